The highest BCUT2D eigenvalue weighted by Crippen LogP contribution is 2.32. The molecule has 1 saturated heterocycles. The van der Waals surface area contributed by atoms with Gasteiger partial charge in [-0.3, -0.25) is 14.9 Å². The fourth-order valence-electron chi connectivity index (χ4n) is 2.76. The molecular formula is C19H12N4O3S2. The summed E-state index contributed by atoms with van der Waals surface area (Å²) < 4.78 is 2.07. The number of benzene rings is 2. The summed E-state index contributed by atoms with van der Waals surface area (Å²) in [6, 6.07) is 15.7. The third kappa shape index (κ3) is 3.57. The number of thiocarbonyl (C=S) groups is 1. The molecule has 0 radical (unpaired) electrons. The van der Waals surface area contributed by atoms with E-state index in [0.29, 0.717) is 26.0 Å². The lowest BCUT2D eigenvalue weighted by atomic mass is 10.1. The summed E-state index contributed by atoms with van der Waals surface area (Å²) in [5.74, 6) is -0.271. The van der Waals surface area contributed by atoms with Crippen LogP contribution in [0.5, 0.6) is 0 Å². The molecule has 0 aliphatic carbocycles. The van der Waals surface area contributed by atoms with Crippen LogP contribution in [-0.2, 0) is 4.79 Å². The van der Waals surface area contributed by atoms with Crippen LogP contribution in [0, 0.1) is 10.1 Å². The predicted octanol–water partition coefficient (Wildman–Crippen LogP) is 3.94. The van der Waals surface area contributed by atoms with E-state index < -0.39 is 4.92 Å². The SMILES string of the molecule is O=C1NC(=S)S/C1=C/c1cn(-c2ccccc2)nc1-c1cccc([N+](=O)[O-])c1. The number of amides is 1. The van der Waals surface area contributed by atoms with Crippen molar-refractivity contribution in [2.45, 2.75) is 0 Å². The average Bonchev–Trinajstić information content (AvgIpc) is 3.25. The zero-order valence-corrected chi connectivity index (χ0v) is 15.9. The van der Waals surface area contributed by atoms with Crippen LogP contribution >= 0.6 is 24.0 Å². The van der Waals surface area contributed by atoms with E-state index in [1.165, 1.54) is 23.9 Å². The first kappa shape index (κ1) is 18.1. The van der Waals surface area contributed by atoms with Crippen molar-refractivity contribution in [2.24, 2.45) is 0 Å². The van der Waals surface area contributed by atoms with Crippen molar-refractivity contribution in [3.05, 3.63) is 81.4 Å². The first-order valence-electron chi connectivity index (χ1n) is 8.16. The lowest BCUT2D eigenvalue weighted by Crippen LogP contribution is -2.17. The minimum absolute atomic E-state index is 0.0282. The van der Waals surface area contributed by atoms with E-state index in [1.807, 2.05) is 30.3 Å². The standard InChI is InChI=1S/C19H12N4O3S2/c24-18-16(28-19(27)20-18)10-13-11-22(14-6-2-1-3-7-14)21-17(13)12-5-4-8-15(9-12)23(25)26/h1-11H,(H,20,24,27)/b16-10+. The van der Waals surface area contributed by atoms with E-state index in [4.69, 9.17) is 12.2 Å². The number of hydrogen-bond donors (Lipinski definition) is 1. The Morgan fingerprint density at radius 3 is 2.64 bits per heavy atom. The molecule has 0 unspecified atom stereocenters. The molecule has 28 heavy (non-hydrogen) atoms. The number of non-ortho nitro benzene ring substituents is 1. The summed E-state index contributed by atoms with van der Waals surface area (Å²) in [7, 11) is 0. The third-order valence-electron chi connectivity index (χ3n) is 4.02. The second-order valence-electron chi connectivity index (χ2n) is 5.87. The van der Waals surface area contributed by atoms with Crippen LogP contribution in [0.3, 0.4) is 0 Å². The van der Waals surface area contributed by atoms with Gasteiger partial charge in [0.1, 0.15) is 10.0 Å². The fourth-order valence-corrected chi connectivity index (χ4v) is 3.79. The van der Waals surface area contributed by atoms with Gasteiger partial charge in [0.05, 0.1) is 15.5 Å². The van der Waals surface area contributed by atoms with Crippen LogP contribution in [0.4, 0.5) is 5.69 Å². The molecule has 9 heteroatoms. The first-order chi connectivity index (χ1) is 13.5. The molecule has 0 atom stereocenters. The molecule has 0 spiro atoms. The van der Waals surface area contributed by atoms with Crippen molar-refractivity contribution in [2.75, 3.05) is 0 Å². The number of carbonyl (C=O) groups excluding carboxylic acids is 1. The van der Waals surface area contributed by atoms with Gasteiger partial charge in [0.25, 0.3) is 11.6 Å². The molecule has 1 aliphatic heterocycles. The van der Waals surface area contributed by atoms with Crippen LogP contribution in [0.15, 0.2) is 65.7 Å². The van der Waals surface area contributed by atoms with Gasteiger partial charge in [0.2, 0.25) is 0 Å². The number of thioether (sulfide) groups is 1. The Hall–Kier alpha value is -3.30. The van der Waals surface area contributed by atoms with Gasteiger partial charge in [-0.2, -0.15) is 5.10 Å². The van der Waals surface area contributed by atoms with E-state index in [0.717, 1.165) is 5.69 Å². The number of rotatable bonds is 4. The van der Waals surface area contributed by atoms with Gasteiger partial charge < -0.3 is 5.32 Å². The monoisotopic (exact) mass is 408 g/mol. The molecule has 7 nitrogen and oxygen atoms in total. The largest absolute Gasteiger partial charge is 0.307 e. The smallest absolute Gasteiger partial charge is 0.270 e. The molecule has 138 valence electrons. The maximum absolute atomic E-state index is 12.1. The molecule has 0 saturated carbocycles. The van der Waals surface area contributed by atoms with Crippen molar-refractivity contribution in [3.63, 3.8) is 0 Å². The van der Waals surface area contributed by atoms with Crippen molar-refractivity contribution >= 4 is 46.0 Å². The van der Waals surface area contributed by atoms with Crippen LogP contribution in [0.1, 0.15) is 5.56 Å². The average molecular weight is 408 g/mol. The topological polar surface area (TPSA) is 90.1 Å². The molecule has 1 amide bonds. The summed E-state index contributed by atoms with van der Waals surface area (Å²) in [4.78, 5) is 23.2. The Morgan fingerprint density at radius 1 is 1.18 bits per heavy atom. The van der Waals surface area contributed by atoms with Gasteiger partial charge in [0.15, 0.2) is 0 Å². The number of hydrogen-bond acceptors (Lipinski definition) is 6. The maximum atomic E-state index is 12.1. The number of nitrogens with one attached hydrogen (secondary N) is 1. The van der Waals surface area contributed by atoms with Gasteiger partial charge in [-0.15, -0.1) is 0 Å². The first-order valence-corrected chi connectivity index (χ1v) is 9.38. The Morgan fingerprint density at radius 2 is 1.96 bits per heavy atom. The van der Waals surface area contributed by atoms with E-state index in [-0.39, 0.29) is 11.6 Å². The van der Waals surface area contributed by atoms with Crippen molar-refractivity contribution in [1.29, 1.82) is 0 Å². The molecule has 4 rings (SSSR count). The number of para-hydroxylation sites is 1. The van der Waals surface area contributed by atoms with Gasteiger partial charge in [-0.25, -0.2) is 4.68 Å². The predicted molar refractivity (Wildman–Crippen MR) is 112 cm³/mol. The number of carbonyl (C=O) groups is 1. The van der Waals surface area contributed by atoms with Crippen molar-refractivity contribution in [1.82, 2.24) is 15.1 Å². The van der Waals surface area contributed by atoms with E-state index in [9.17, 15) is 14.9 Å². The molecule has 1 N–H and O–H groups in total. The van der Waals surface area contributed by atoms with E-state index in [1.54, 1.807) is 29.1 Å². The number of aromatic nitrogens is 2. The lowest BCUT2D eigenvalue weighted by Gasteiger charge is -2.01. The zero-order valence-electron chi connectivity index (χ0n) is 14.2. The Bertz CT molecular complexity index is 1140. The van der Waals surface area contributed by atoms with Gasteiger partial charge in [0, 0.05) is 29.5 Å². The molecule has 0 bridgehead atoms. The minimum Gasteiger partial charge on any atom is -0.307 e. The van der Waals surface area contributed by atoms with Crippen LogP contribution in [-0.4, -0.2) is 24.9 Å². The second kappa shape index (κ2) is 7.37. The van der Waals surface area contributed by atoms with E-state index >= 15 is 0 Å². The Balaban J connectivity index is 1.86. The Kier molecular flexibility index (Phi) is 4.76. The number of nitro benzene ring substituents is 1. The van der Waals surface area contributed by atoms with E-state index in [2.05, 4.69) is 10.4 Å². The molecule has 1 aliphatic rings. The molecule has 1 aromatic heterocycles. The molecule has 2 aromatic carbocycles. The lowest BCUT2D eigenvalue weighted by molar-refractivity contribution is -0.384. The zero-order chi connectivity index (χ0) is 19.7. The maximum Gasteiger partial charge on any atom is 0.270 e. The van der Waals surface area contributed by atoms with Crippen molar-refractivity contribution in [3.8, 4) is 16.9 Å². The molecule has 3 aromatic rings. The van der Waals surface area contributed by atoms with Gasteiger partial charge in [-0.05, 0) is 18.2 Å². The minimum atomic E-state index is -0.450. The summed E-state index contributed by atoms with van der Waals surface area (Å²) in [6.07, 6.45) is 3.48. The van der Waals surface area contributed by atoms with Crippen LogP contribution < -0.4 is 5.32 Å². The normalized spacial score (nSPS) is 15.1. The summed E-state index contributed by atoms with van der Waals surface area (Å²) in [6.45, 7) is 0. The Labute approximate surface area is 169 Å². The fraction of sp³-hybridized carbons (Fsp3) is 0. The summed E-state index contributed by atoms with van der Waals surface area (Å²) >= 11 is 6.21. The summed E-state index contributed by atoms with van der Waals surface area (Å²) in [5, 5.41) is 18.3. The number of nitrogens with zero attached hydrogens (tertiary/aromatic N) is 3. The molecule has 2 heterocycles. The van der Waals surface area contributed by atoms with Gasteiger partial charge >= 0.3 is 0 Å². The second-order valence-corrected chi connectivity index (χ2v) is 7.59. The molecular weight excluding hydrogens is 396 g/mol. The van der Waals surface area contributed by atoms with Crippen LogP contribution in [0.2, 0.25) is 0 Å². The quantitative estimate of drug-likeness (QED) is 0.304. The highest BCUT2D eigenvalue weighted by molar-refractivity contribution is 8.26. The third-order valence-corrected chi connectivity index (χ3v) is 5.19. The van der Waals surface area contributed by atoms with Crippen LogP contribution in [0.25, 0.3) is 23.0 Å². The molecule has 1 fully saturated rings. The number of nitro groups is 1. The summed E-state index contributed by atoms with van der Waals surface area (Å²) in [5.41, 5.74) is 2.58. The highest BCUT2D eigenvalue weighted by Gasteiger charge is 2.23. The van der Waals surface area contributed by atoms with Gasteiger partial charge in [-0.1, -0.05) is 54.3 Å². The van der Waals surface area contributed by atoms with Crippen molar-refractivity contribution < 1.29 is 9.72 Å². The highest BCUT2D eigenvalue weighted by atomic mass is 32.2.